The van der Waals surface area contributed by atoms with Crippen molar-refractivity contribution in [3.63, 3.8) is 0 Å². The van der Waals surface area contributed by atoms with Crippen LogP contribution in [0.1, 0.15) is 23.7 Å². The third-order valence-electron chi connectivity index (χ3n) is 1.84. The summed E-state index contributed by atoms with van der Waals surface area (Å²) < 4.78 is 0.577. The Hall–Kier alpha value is -1.16. The minimum atomic E-state index is -0.0977. The number of nitrogens with zero attached hydrogens (tertiary/aromatic N) is 1. The summed E-state index contributed by atoms with van der Waals surface area (Å²) in [6.45, 7) is 2.60. The lowest BCUT2D eigenvalue weighted by molar-refractivity contribution is 0.0953. The van der Waals surface area contributed by atoms with E-state index in [-0.39, 0.29) is 5.91 Å². The number of carbonyl (C=O) groups is 1. The van der Waals surface area contributed by atoms with Gasteiger partial charge in [-0.05, 0) is 41.4 Å². The Morgan fingerprint density at radius 2 is 2.47 bits per heavy atom. The molecular weight excluding hydrogens is 256 g/mol. The van der Waals surface area contributed by atoms with Crippen molar-refractivity contribution in [1.82, 2.24) is 10.3 Å². The van der Waals surface area contributed by atoms with Crippen molar-refractivity contribution in [2.45, 2.75) is 13.3 Å². The number of nitrogens with one attached hydrogen (secondary N) is 1. The van der Waals surface area contributed by atoms with Gasteiger partial charge < -0.3 is 5.32 Å². The molecule has 80 valence electrons. The first-order chi connectivity index (χ1) is 7.25. The molecule has 1 heterocycles. The van der Waals surface area contributed by atoms with E-state index in [4.69, 9.17) is 0 Å². The molecule has 0 saturated heterocycles. The van der Waals surface area contributed by atoms with E-state index in [0.717, 1.165) is 6.42 Å². The number of hydrogen-bond acceptors (Lipinski definition) is 2. The number of rotatable bonds is 4. The topological polar surface area (TPSA) is 42.0 Å². The second-order valence-corrected chi connectivity index (χ2v) is 3.71. The molecule has 1 aromatic rings. The maximum absolute atomic E-state index is 11.6. The van der Waals surface area contributed by atoms with Crippen LogP contribution in [0.3, 0.4) is 0 Å². The summed E-state index contributed by atoms with van der Waals surface area (Å²) in [4.78, 5) is 15.6. The second kappa shape index (κ2) is 6.35. The van der Waals surface area contributed by atoms with Crippen LogP contribution in [-0.4, -0.2) is 17.4 Å². The van der Waals surface area contributed by atoms with Crippen LogP contribution >= 0.6 is 15.9 Å². The second-order valence-electron chi connectivity index (χ2n) is 2.96. The third-order valence-corrected chi connectivity index (χ3v) is 2.47. The highest BCUT2D eigenvalue weighted by atomic mass is 79.9. The highest BCUT2D eigenvalue weighted by molar-refractivity contribution is 9.10. The van der Waals surface area contributed by atoms with Crippen LogP contribution in [0.5, 0.6) is 0 Å². The first-order valence-electron chi connectivity index (χ1n) is 4.75. The molecule has 1 rings (SSSR count). The monoisotopic (exact) mass is 268 g/mol. The van der Waals surface area contributed by atoms with Gasteiger partial charge >= 0.3 is 0 Å². The highest BCUT2D eigenvalue weighted by Gasteiger charge is 2.08. The molecular formula is C11H13BrN2O. The van der Waals surface area contributed by atoms with E-state index in [1.807, 2.05) is 19.1 Å². The van der Waals surface area contributed by atoms with Gasteiger partial charge in [0.05, 0.1) is 5.56 Å². The zero-order valence-electron chi connectivity index (χ0n) is 8.53. The van der Waals surface area contributed by atoms with Gasteiger partial charge in [0.2, 0.25) is 0 Å². The highest BCUT2D eigenvalue weighted by Crippen LogP contribution is 2.11. The molecule has 1 N–H and O–H groups in total. The maximum Gasteiger partial charge on any atom is 0.254 e. The van der Waals surface area contributed by atoms with Gasteiger partial charge in [-0.15, -0.1) is 0 Å². The standard InChI is InChI=1S/C11H13BrN2O/c1-2-3-4-7-14-11(15)9-6-5-8-13-10(9)12/h2-3,5-6,8H,4,7H2,1H3,(H,14,15)/b3-2+. The minimum absolute atomic E-state index is 0.0977. The summed E-state index contributed by atoms with van der Waals surface area (Å²) in [7, 11) is 0. The van der Waals surface area contributed by atoms with Crippen LogP contribution in [0.15, 0.2) is 35.1 Å². The Kier molecular flexibility index (Phi) is 5.04. The summed E-state index contributed by atoms with van der Waals surface area (Å²) in [6.07, 6.45) is 6.46. The molecule has 0 aliphatic carbocycles. The summed E-state index contributed by atoms with van der Waals surface area (Å²) in [6, 6.07) is 3.48. The first-order valence-corrected chi connectivity index (χ1v) is 5.55. The molecule has 0 saturated carbocycles. The van der Waals surface area contributed by atoms with E-state index in [9.17, 15) is 4.79 Å². The van der Waals surface area contributed by atoms with E-state index >= 15 is 0 Å². The summed E-state index contributed by atoms with van der Waals surface area (Å²) in [5.74, 6) is -0.0977. The number of aromatic nitrogens is 1. The smallest absolute Gasteiger partial charge is 0.254 e. The molecule has 0 bridgehead atoms. The van der Waals surface area contributed by atoms with E-state index < -0.39 is 0 Å². The lowest BCUT2D eigenvalue weighted by Crippen LogP contribution is -2.24. The molecule has 0 fully saturated rings. The zero-order chi connectivity index (χ0) is 11.1. The molecule has 0 spiro atoms. The largest absolute Gasteiger partial charge is 0.352 e. The first kappa shape index (κ1) is 11.9. The maximum atomic E-state index is 11.6. The van der Waals surface area contributed by atoms with Gasteiger partial charge in [-0.3, -0.25) is 4.79 Å². The van der Waals surface area contributed by atoms with E-state index in [2.05, 4.69) is 26.2 Å². The number of pyridine rings is 1. The molecule has 0 aliphatic heterocycles. The fraction of sp³-hybridized carbons (Fsp3) is 0.273. The van der Waals surface area contributed by atoms with Crippen molar-refractivity contribution in [2.24, 2.45) is 0 Å². The SMILES string of the molecule is C/C=C/CCNC(=O)c1cccnc1Br. The van der Waals surface area contributed by atoms with Gasteiger partial charge in [-0.25, -0.2) is 4.98 Å². The molecule has 0 unspecified atom stereocenters. The summed E-state index contributed by atoms with van der Waals surface area (Å²) >= 11 is 3.23. The number of allylic oxidation sites excluding steroid dienone is 1. The van der Waals surface area contributed by atoms with Gasteiger partial charge in [0.25, 0.3) is 5.91 Å². The molecule has 4 heteroatoms. The van der Waals surface area contributed by atoms with E-state index in [1.54, 1.807) is 18.3 Å². The van der Waals surface area contributed by atoms with Crippen molar-refractivity contribution in [2.75, 3.05) is 6.54 Å². The Morgan fingerprint density at radius 3 is 3.13 bits per heavy atom. The predicted octanol–water partition coefficient (Wildman–Crippen LogP) is 2.54. The summed E-state index contributed by atoms with van der Waals surface area (Å²) in [5, 5.41) is 2.81. The normalized spacial score (nSPS) is 10.5. The lowest BCUT2D eigenvalue weighted by Gasteiger charge is -2.04. The molecule has 0 radical (unpaired) electrons. The van der Waals surface area contributed by atoms with Crippen LogP contribution in [0.25, 0.3) is 0 Å². The quantitative estimate of drug-likeness (QED) is 0.518. The molecule has 0 atom stereocenters. The van der Waals surface area contributed by atoms with Crippen LogP contribution in [0.2, 0.25) is 0 Å². The lowest BCUT2D eigenvalue weighted by atomic mass is 10.2. The average Bonchev–Trinajstić information content (AvgIpc) is 2.25. The van der Waals surface area contributed by atoms with Crippen LogP contribution < -0.4 is 5.32 Å². The predicted molar refractivity (Wildman–Crippen MR) is 63.7 cm³/mol. The number of hydrogen-bond donors (Lipinski definition) is 1. The molecule has 1 aromatic heterocycles. The number of halogens is 1. The van der Waals surface area contributed by atoms with E-state index in [0.29, 0.717) is 16.7 Å². The molecule has 3 nitrogen and oxygen atoms in total. The summed E-state index contributed by atoms with van der Waals surface area (Å²) in [5.41, 5.74) is 0.568. The zero-order valence-corrected chi connectivity index (χ0v) is 10.1. The molecule has 15 heavy (non-hydrogen) atoms. The molecule has 0 aromatic carbocycles. The van der Waals surface area contributed by atoms with Gasteiger partial charge in [0.1, 0.15) is 4.60 Å². The van der Waals surface area contributed by atoms with Crippen molar-refractivity contribution in [3.05, 3.63) is 40.6 Å². The van der Waals surface area contributed by atoms with Gasteiger partial charge in [-0.2, -0.15) is 0 Å². The van der Waals surface area contributed by atoms with Crippen LogP contribution in [0.4, 0.5) is 0 Å². The van der Waals surface area contributed by atoms with Crippen LogP contribution in [0, 0.1) is 0 Å². The fourth-order valence-electron chi connectivity index (χ4n) is 1.09. The van der Waals surface area contributed by atoms with E-state index in [1.165, 1.54) is 0 Å². The van der Waals surface area contributed by atoms with Gasteiger partial charge in [-0.1, -0.05) is 12.2 Å². The van der Waals surface area contributed by atoms with Gasteiger partial charge in [0, 0.05) is 12.7 Å². The number of carbonyl (C=O) groups excluding carboxylic acids is 1. The van der Waals surface area contributed by atoms with Gasteiger partial charge in [0.15, 0.2) is 0 Å². The Bertz CT molecular complexity index is 363. The molecule has 1 amide bonds. The Morgan fingerprint density at radius 1 is 1.67 bits per heavy atom. The molecule has 0 aliphatic rings. The van der Waals surface area contributed by atoms with Crippen LogP contribution in [-0.2, 0) is 0 Å². The van der Waals surface area contributed by atoms with Crippen molar-refractivity contribution in [1.29, 1.82) is 0 Å². The minimum Gasteiger partial charge on any atom is -0.352 e. The van der Waals surface area contributed by atoms with Crippen molar-refractivity contribution < 1.29 is 4.79 Å². The third kappa shape index (κ3) is 3.83. The Balaban J connectivity index is 2.51. The fourth-order valence-corrected chi connectivity index (χ4v) is 1.52. The Labute approximate surface area is 97.7 Å². The van der Waals surface area contributed by atoms with Crippen molar-refractivity contribution >= 4 is 21.8 Å². The van der Waals surface area contributed by atoms with Crippen molar-refractivity contribution in [3.8, 4) is 0 Å². The average molecular weight is 269 g/mol. The number of amides is 1.